The van der Waals surface area contributed by atoms with Crippen LogP contribution in [0.3, 0.4) is 0 Å². The molecule has 0 amide bonds. The molecule has 1 aliphatic heterocycles. The maximum Gasteiger partial charge on any atom is 0.303 e. The Balaban J connectivity index is 1.98. The van der Waals surface area contributed by atoms with Crippen molar-refractivity contribution in [3.8, 4) is 0 Å². The van der Waals surface area contributed by atoms with E-state index in [-0.39, 0.29) is 6.61 Å². The number of carbonyl (C=O) groups is 4. The van der Waals surface area contributed by atoms with Crippen LogP contribution in [-0.2, 0) is 42.9 Å². The molecule has 2 aromatic rings. The number of nitrogens with zero attached hydrogens (tertiary/aromatic N) is 1. The van der Waals surface area contributed by atoms with Crippen molar-refractivity contribution in [3.63, 3.8) is 0 Å². The monoisotopic (exact) mass is 480 g/mol. The second kappa shape index (κ2) is 10.7. The second-order valence-electron chi connectivity index (χ2n) is 7.24. The van der Waals surface area contributed by atoms with Crippen molar-refractivity contribution in [2.24, 2.45) is 0 Å². The highest BCUT2D eigenvalue weighted by Gasteiger charge is 2.52. The number of aromatic amines is 1. The van der Waals surface area contributed by atoms with Crippen LogP contribution in [0, 0.1) is 0 Å². The van der Waals surface area contributed by atoms with Crippen molar-refractivity contribution in [2.75, 3.05) is 6.61 Å². The van der Waals surface area contributed by atoms with E-state index in [1.54, 1.807) is 0 Å². The van der Waals surface area contributed by atoms with E-state index in [1.165, 1.54) is 27.7 Å². The summed E-state index contributed by atoms with van der Waals surface area (Å²) in [7, 11) is 0. The first kappa shape index (κ1) is 24.5. The molecule has 0 unspecified atom stereocenters. The Hall–Kier alpha value is -3.12. The number of H-pyrrole nitrogens is 1. The van der Waals surface area contributed by atoms with E-state index in [4.69, 9.17) is 23.7 Å². The van der Waals surface area contributed by atoms with Gasteiger partial charge >= 0.3 is 23.9 Å². The van der Waals surface area contributed by atoms with Crippen LogP contribution in [0.1, 0.15) is 27.7 Å². The smallest absolute Gasteiger partial charge is 0.303 e. The zero-order chi connectivity index (χ0) is 24.1. The van der Waals surface area contributed by atoms with E-state index in [2.05, 4.69) is 9.97 Å². The number of esters is 4. The molecule has 1 saturated heterocycles. The number of hydrogen-bond acceptors (Lipinski definition) is 11. The number of ether oxygens (including phenoxy) is 5. The molecule has 178 valence electrons. The fraction of sp³-hybridized carbons (Fsp3) is 0.476. The summed E-state index contributed by atoms with van der Waals surface area (Å²) in [6, 6.07) is 7.36. The summed E-state index contributed by atoms with van der Waals surface area (Å²) < 4.78 is 27.4. The molecule has 1 aromatic carbocycles. The molecule has 0 radical (unpaired) electrons. The molecule has 3 rings (SSSR count). The van der Waals surface area contributed by atoms with Gasteiger partial charge in [0.25, 0.3) is 0 Å². The Kier molecular flexibility index (Phi) is 7.92. The van der Waals surface area contributed by atoms with E-state index in [0.29, 0.717) is 10.7 Å². The first-order chi connectivity index (χ1) is 15.6. The third kappa shape index (κ3) is 6.45. The molecule has 1 aliphatic rings. The molecule has 0 bridgehead atoms. The van der Waals surface area contributed by atoms with Gasteiger partial charge in [0.05, 0.1) is 11.0 Å². The molecule has 2 heterocycles. The number of thioether (sulfide) groups is 1. The Morgan fingerprint density at radius 3 is 2.12 bits per heavy atom. The van der Waals surface area contributed by atoms with Gasteiger partial charge in [-0.15, -0.1) is 0 Å². The maximum atomic E-state index is 11.9. The third-order valence-corrected chi connectivity index (χ3v) is 5.57. The molecular weight excluding hydrogens is 456 g/mol. The molecule has 0 aliphatic carbocycles. The molecule has 1 aromatic heterocycles. The number of carbonyl (C=O) groups excluding carboxylic acids is 4. The fourth-order valence-corrected chi connectivity index (χ4v) is 4.46. The van der Waals surface area contributed by atoms with Crippen molar-refractivity contribution in [1.29, 1.82) is 0 Å². The maximum absolute atomic E-state index is 11.9. The highest BCUT2D eigenvalue weighted by atomic mass is 32.2. The molecule has 1 fully saturated rings. The first-order valence-corrected chi connectivity index (χ1v) is 10.9. The summed E-state index contributed by atoms with van der Waals surface area (Å²) in [6.07, 6.45) is -4.56. The summed E-state index contributed by atoms with van der Waals surface area (Å²) in [5, 5.41) is 0.456. The largest absolute Gasteiger partial charge is 0.463 e. The summed E-state index contributed by atoms with van der Waals surface area (Å²) in [6.45, 7) is 4.47. The quantitative estimate of drug-likeness (QED) is 0.457. The summed E-state index contributed by atoms with van der Waals surface area (Å²) >= 11 is 1.09. The second-order valence-corrected chi connectivity index (χ2v) is 8.33. The Labute approximate surface area is 193 Å². The molecule has 1 N–H and O–H groups in total. The average molecular weight is 480 g/mol. The van der Waals surface area contributed by atoms with Gasteiger partial charge in [0.1, 0.15) is 12.7 Å². The van der Waals surface area contributed by atoms with Crippen LogP contribution in [0.25, 0.3) is 11.0 Å². The molecule has 11 nitrogen and oxygen atoms in total. The molecule has 5 atom stereocenters. The lowest BCUT2D eigenvalue weighted by molar-refractivity contribution is -0.237. The Bertz CT molecular complexity index is 1010. The Morgan fingerprint density at radius 1 is 0.909 bits per heavy atom. The van der Waals surface area contributed by atoms with Gasteiger partial charge in [-0.25, -0.2) is 4.98 Å². The number of imidazole rings is 1. The van der Waals surface area contributed by atoms with Crippen LogP contribution in [0.4, 0.5) is 0 Å². The summed E-state index contributed by atoms with van der Waals surface area (Å²) in [4.78, 5) is 54.5. The standard InChI is InChI=1S/C21H24N2O9S/c1-10(24)28-9-16-17(29-11(2)25)18(30-12(3)26)19(31-13(4)27)20(32-16)33-21-22-14-7-5-6-8-15(14)23-21/h5-8,16-20H,9H2,1-4H3,(H,22,23)/t16-,17-,18+,19-,20-/m1/s1. The number of fused-ring (bicyclic) bond motifs is 1. The number of nitrogens with one attached hydrogen (secondary N) is 1. The number of hydrogen-bond donors (Lipinski definition) is 1. The lowest BCUT2D eigenvalue weighted by Gasteiger charge is -2.43. The van der Waals surface area contributed by atoms with Crippen molar-refractivity contribution >= 4 is 46.7 Å². The molecule has 33 heavy (non-hydrogen) atoms. The topological polar surface area (TPSA) is 143 Å². The normalized spacial score (nSPS) is 24.7. The van der Waals surface area contributed by atoms with Crippen molar-refractivity contribution in [2.45, 2.75) is 62.7 Å². The fourth-order valence-electron chi connectivity index (χ4n) is 3.38. The van der Waals surface area contributed by atoms with E-state index in [0.717, 1.165) is 17.3 Å². The number of aromatic nitrogens is 2. The van der Waals surface area contributed by atoms with Gasteiger partial charge in [0.15, 0.2) is 28.9 Å². The van der Waals surface area contributed by atoms with Gasteiger partial charge in [0.2, 0.25) is 0 Å². The first-order valence-electron chi connectivity index (χ1n) is 10.1. The van der Waals surface area contributed by atoms with Gasteiger partial charge in [-0.05, 0) is 12.1 Å². The minimum Gasteiger partial charge on any atom is -0.463 e. The zero-order valence-electron chi connectivity index (χ0n) is 18.4. The third-order valence-electron chi connectivity index (χ3n) is 4.54. The SMILES string of the molecule is CC(=O)OC[C@H]1O[C@H](Sc2nc3ccccc3[nH]2)[C@H](OC(C)=O)[C@@H](OC(C)=O)[C@@H]1OC(C)=O. The van der Waals surface area contributed by atoms with E-state index in [1.807, 2.05) is 24.3 Å². The number of para-hydroxylation sites is 2. The lowest BCUT2D eigenvalue weighted by atomic mass is 9.99. The summed E-state index contributed by atoms with van der Waals surface area (Å²) in [5.74, 6) is -2.60. The predicted octanol–water partition coefficient (Wildman–Crippen LogP) is 1.74. The van der Waals surface area contributed by atoms with E-state index in [9.17, 15) is 19.2 Å². The molecule has 0 saturated carbocycles. The van der Waals surface area contributed by atoms with Crippen molar-refractivity contribution < 1.29 is 42.9 Å². The van der Waals surface area contributed by atoms with Gasteiger partial charge in [-0.2, -0.15) is 0 Å². The van der Waals surface area contributed by atoms with Crippen molar-refractivity contribution in [1.82, 2.24) is 9.97 Å². The number of rotatable bonds is 7. The van der Waals surface area contributed by atoms with Crippen molar-refractivity contribution in [3.05, 3.63) is 24.3 Å². The van der Waals surface area contributed by atoms with Crippen LogP contribution in [0.5, 0.6) is 0 Å². The van der Waals surface area contributed by atoms with Crippen LogP contribution in [-0.4, -0.2) is 70.3 Å². The lowest BCUT2D eigenvalue weighted by Crippen LogP contribution is -2.61. The minimum atomic E-state index is -1.22. The van der Waals surface area contributed by atoms with Gasteiger partial charge in [0, 0.05) is 27.7 Å². The minimum absolute atomic E-state index is 0.283. The highest BCUT2D eigenvalue weighted by Crippen LogP contribution is 2.37. The van der Waals surface area contributed by atoms with E-state index >= 15 is 0 Å². The average Bonchev–Trinajstić information content (AvgIpc) is 3.12. The van der Waals surface area contributed by atoms with Crippen LogP contribution in [0.2, 0.25) is 0 Å². The van der Waals surface area contributed by atoms with Crippen LogP contribution >= 0.6 is 11.8 Å². The van der Waals surface area contributed by atoms with Crippen LogP contribution in [0.15, 0.2) is 29.4 Å². The Morgan fingerprint density at radius 2 is 1.52 bits per heavy atom. The molecular formula is C21H24N2O9S. The molecule has 0 spiro atoms. The van der Waals surface area contributed by atoms with Gasteiger partial charge in [-0.3, -0.25) is 19.2 Å². The predicted molar refractivity (Wildman–Crippen MR) is 114 cm³/mol. The van der Waals surface area contributed by atoms with E-state index < -0.39 is 53.7 Å². The van der Waals surface area contributed by atoms with Gasteiger partial charge < -0.3 is 28.7 Å². The molecule has 12 heteroatoms. The summed E-state index contributed by atoms with van der Waals surface area (Å²) in [5.41, 5.74) is 0.558. The van der Waals surface area contributed by atoms with Crippen LogP contribution < -0.4 is 0 Å². The zero-order valence-corrected chi connectivity index (χ0v) is 19.2. The highest BCUT2D eigenvalue weighted by molar-refractivity contribution is 7.99. The number of benzene rings is 1. The van der Waals surface area contributed by atoms with Gasteiger partial charge in [-0.1, -0.05) is 23.9 Å².